The van der Waals surface area contributed by atoms with E-state index in [0.717, 1.165) is 33.3 Å². The summed E-state index contributed by atoms with van der Waals surface area (Å²) in [6, 6.07) is 25.3. The standard InChI is InChI=1S/C28H23Cl2NO2/c1-33-28(32)25-8-3-2-6-20(25)12-16-26(30)22-7-4-5-19(17-22)9-14-24-15-11-21-10-13-23(29)18-27(21)31-24/h2-11,13-15,17-18,26H,12,16H2,1H3/b14-9+/t26-/m0/s1. The molecular weight excluding hydrogens is 453 g/mol. The van der Waals surface area contributed by atoms with Crippen LogP contribution in [0.5, 0.6) is 0 Å². The first-order chi connectivity index (χ1) is 16.0. The maximum absolute atomic E-state index is 12.0. The highest BCUT2D eigenvalue weighted by Crippen LogP contribution is 2.28. The zero-order chi connectivity index (χ0) is 23.2. The number of pyridine rings is 1. The van der Waals surface area contributed by atoms with Crippen LogP contribution >= 0.6 is 23.2 Å². The van der Waals surface area contributed by atoms with Crippen LogP contribution in [-0.4, -0.2) is 18.1 Å². The van der Waals surface area contributed by atoms with E-state index in [2.05, 4.69) is 11.1 Å². The predicted molar refractivity (Wildman–Crippen MR) is 137 cm³/mol. The van der Waals surface area contributed by atoms with E-state index in [9.17, 15) is 4.79 Å². The van der Waals surface area contributed by atoms with Gasteiger partial charge >= 0.3 is 5.97 Å². The SMILES string of the molecule is COC(=O)c1ccccc1CC[C@H](Cl)c1cccc(/C=C/c2ccc3ccc(Cl)cc3n2)c1. The lowest BCUT2D eigenvalue weighted by Gasteiger charge is -2.12. The number of methoxy groups -OCH3 is 1. The number of fused-ring (bicyclic) bond motifs is 1. The zero-order valence-electron chi connectivity index (χ0n) is 18.2. The molecule has 33 heavy (non-hydrogen) atoms. The van der Waals surface area contributed by atoms with Crippen molar-refractivity contribution in [1.82, 2.24) is 4.98 Å². The fraction of sp³-hybridized carbons (Fsp3) is 0.143. The normalized spacial score (nSPS) is 12.2. The van der Waals surface area contributed by atoms with Gasteiger partial charge in [0.2, 0.25) is 0 Å². The van der Waals surface area contributed by atoms with Crippen molar-refractivity contribution < 1.29 is 9.53 Å². The third kappa shape index (κ3) is 5.81. The van der Waals surface area contributed by atoms with E-state index in [0.29, 0.717) is 23.4 Å². The molecule has 0 fully saturated rings. The first-order valence-corrected chi connectivity index (χ1v) is 11.5. The van der Waals surface area contributed by atoms with E-state index in [4.69, 9.17) is 27.9 Å². The summed E-state index contributed by atoms with van der Waals surface area (Å²) in [5.41, 5.74) is 5.33. The quantitative estimate of drug-likeness (QED) is 0.202. The first-order valence-electron chi connectivity index (χ1n) is 10.7. The maximum atomic E-state index is 12.0. The number of nitrogens with zero attached hydrogens (tertiary/aromatic N) is 1. The second kappa shape index (κ2) is 10.7. The summed E-state index contributed by atoms with van der Waals surface area (Å²) in [7, 11) is 1.39. The number of aryl methyl sites for hydroxylation is 1. The Kier molecular flexibility index (Phi) is 7.43. The zero-order valence-corrected chi connectivity index (χ0v) is 19.7. The van der Waals surface area contributed by atoms with E-state index in [-0.39, 0.29) is 11.3 Å². The van der Waals surface area contributed by atoms with Gasteiger partial charge in [0, 0.05) is 10.4 Å². The monoisotopic (exact) mass is 475 g/mol. The lowest BCUT2D eigenvalue weighted by Crippen LogP contribution is -2.06. The number of hydrogen-bond acceptors (Lipinski definition) is 3. The van der Waals surface area contributed by atoms with Crippen LogP contribution in [-0.2, 0) is 11.2 Å². The number of carbonyl (C=O) groups excluding carboxylic acids is 1. The van der Waals surface area contributed by atoms with Crippen LogP contribution in [0.3, 0.4) is 0 Å². The summed E-state index contributed by atoms with van der Waals surface area (Å²) in [5.74, 6) is -0.326. The van der Waals surface area contributed by atoms with E-state index >= 15 is 0 Å². The lowest BCUT2D eigenvalue weighted by atomic mass is 9.98. The van der Waals surface area contributed by atoms with Crippen LogP contribution in [0.1, 0.15) is 44.5 Å². The molecule has 0 amide bonds. The third-order valence-corrected chi connectivity index (χ3v) is 6.19. The number of aromatic nitrogens is 1. The van der Waals surface area contributed by atoms with Gasteiger partial charge in [0.15, 0.2) is 0 Å². The molecule has 3 aromatic carbocycles. The fourth-order valence-corrected chi connectivity index (χ4v) is 4.15. The van der Waals surface area contributed by atoms with Gasteiger partial charge in [-0.1, -0.05) is 72.3 Å². The Morgan fingerprint density at radius 3 is 2.67 bits per heavy atom. The second-order valence-electron chi connectivity index (χ2n) is 7.73. The molecule has 0 saturated carbocycles. The van der Waals surface area contributed by atoms with Crippen molar-refractivity contribution in [3.8, 4) is 0 Å². The summed E-state index contributed by atoms with van der Waals surface area (Å²) in [4.78, 5) is 16.7. The highest BCUT2D eigenvalue weighted by molar-refractivity contribution is 6.31. The van der Waals surface area contributed by atoms with Crippen LogP contribution in [0.2, 0.25) is 5.02 Å². The van der Waals surface area contributed by atoms with Crippen LogP contribution in [0.25, 0.3) is 23.1 Å². The average molecular weight is 476 g/mol. The number of halogens is 2. The molecule has 0 spiro atoms. The van der Waals surface area contributed by atoms with Gasteiger partial charge in [-0.2, -0.15) is 0 Å². The molecule has 1 heterocycles. The van der Waals surface area contributed by atoms with Gasteiger partial charge in [-0.3, -0.25) is 0 Å². The number of ether oxygens (including phenoxy) is 1. The smallest absolute Gasteiger partial charge is 0.338 e. The Morgan fingerprint density at radius 2 is 1.82 bits per heavy atom. The Bertz CT molecular complexity index is 1320. The number of carbonyl (C=O) groups is 1. The van der Waals surface area contributed by atoms with Crippen molar-refractivity contribution in [2.75, 3.05) is 7.11 Å². The first kappa shape index (κ1) is 23.0. The summed E-state index contributed by atoms with van der Waals surface area (Å²) in [6.45, 7) is 0. The number of alkyl halides is 1. The summed E-state index contributed by atoms with van der Waals surface area (Å²) < 4.78 is 4.89. The second-order valence-corrected chi connectivity index (χ2v) is 8.69. The van der Waals surface area contributed by atoms with E-state index in [1.807, 2.05) is 78.9 Å². The maximum Gasteiger partial charge on any atom is 0.338 e. The fourth-order valence-electron chi connectivity index (χ4n) is 3.73. The number of benzene rings is 3. The van der Waals surface area contributed by atoms with Gasteiger partial charge in [0.1, 0.15) is 0 Å². The molecule has 0 N–H and O–H groups in total. The molecule has 0 radical (unpaired) electrons. The molecule has 166 valence electrons. The van der Waals surface area contributed by atoms with Gasteiger partial charge in [-0.25, -0.2) is 9.78 Å². The van der Waals surface area contributed by atoms with Crippen molar-refractivity contribution in [2.45, 2.75) is 18.2 Å². The molecule has 4 rings (SSSR count). The average Bonchev–Trinajstić information content (AvgIpc) is 2.85. The van der Waals surface area contributed by atoms with Gasteiger partial charge in [-0.15, -0.1) is 11.6 Å². The Morgan fingerprint density at radius 1 is 1.00 bits per heavy atom. The van der Waals surface area contributed by atoms with Gasteiger partial charge < -0.3 is 4.74 Å². The summed E-state index contributed by atoms with van der Waals surface area (Å²) >= 11 is 12.8. The largest absolute Gasteiger partial charge is 0.465 e. The summed E-state index contributed by atoms with van der Waals surface area (Å²) in [5, 5.41) is 1.55. The molecular formula is C28H23Cl2NO2. The van der Waals surface area contributed by atoms with E-state index < -0.39 is 0 Å². The molecule has 1 aromatic heterocycles. The molecule has 0 aliphatic heterocycles. The van der Waals surface area contributed by atoms with Crippen LogP contribution in [0.15, 0.2) is 78.9 Å². The minimum atomic E-state index is -0.326. The van der Waals surface area contributed by atoms with E-state index in [1.54, 1.807) is 6.07 Å². The topological polar surface area (TPSA) is 39.2 Å². The minimum absolute atomic E-state index is 0.176. The van der Waals surface area contributed by atoms with Crippen LogP contribution in [0, 0.1) is 0 Å². The molecule has 4 aromatic rings. The van der Waals surface area contributed by atoms with E-state index in [1.165, 1.54) is 7.11 Å². The van der Waals surface area contributed by atoms with Crippen LogP contribution < -0.4 is 0 Å². The van der Waals surface area contributed by atoms with Crippen molar-refractivity contribution in [1.29, 1.82) is 0 Å². The Hall–Kier alpha value is -3.14. The predicted octanol–water partition coefficient (Wildman–Crippen LogP) is 7.76. The Balaban J connectivity index is 1.46. The molecule has 3 nitrogen and oxygen atoms in total. The molecule has 0 unspecified atom stereocenters. The molecule has 5 heteroatoms. The van der Waals surface area contributed by atoms with Crippen LogP contribution in [0.4, 0.5) is 0 Å². The van der Waals surface area contributed by atoms with Crippen molar-refractivity contribution in [2.24, 2.45) is 0 Å². The van der Waals surface area contributed by atoms with Crippen molar-refractivity contribution in [3.63, 3.8) is 0 Å². The number of esters is 1. The van der Waals surface area contributed by atoms with Crippen molar-refractivity contribution >= 4 is 52.2 Å². The summed E-state index contributed by atoms with van der Waals surface area (Å²) in [6.07, 6.45) is 5.40. The lowest BCUT2D eigenvalue weighted by molar-refractivity contribution is 0.0599. The molecule has 0 aliphatic carbocycles. The number of hydrogen-bond donors (Lipinski definition) is 0. The Labute approximate surface area is 203 Å². The minimum Gasteiger partial charge on any atom is -0.465 e. The number of rotatable bonds is 7. The third-order valence-electron chi connectivity index (χ3n) is 5.48. The molecule has 1 atom stereocenters. The molecule has 0 bridgehead atoms. The van der Waals surface area contributed by atoms with Gasteiger partial charge in [-0.05, 0) is 59.9 Å². The molecule has 0 aliphatic rings. The van der Waals surface area contributed by atoms with Gasteiger partial charge in [0.25, 0.3) is 0 Å². The highest BCUT2D eigenvalue weighted by atomic mass is 35.5. The van der Waals surface area contributed by atoms with Gasteiger partial charge in [0.05, 0.1) is 29.3 Å². The molecule has 0 saturated heterocycles. The van der Waals surface area contributed by atoms with Crippen molar-refractivity contribution in [3.05, 3.63) is 112 Å². The highest BCUT2D eigenvalue weighted by Gasteiger charge is 2.14.